The number of aryl methyl sites for hydroxylation is 2. The van der Waals surface area contributed by atoms with Crippen LogP contribution >= 0.6 is 11.3 Å². The Balaban J connectivity index is 1.27. The van der Waals surface area contributed by atoms with Gasteiger partial charge in [0.15, 0.2) is 5.78 Å². The highest BCUT2D eigenvalue weighted by Gasteiger charge is 2.30. The van der Waals surface area contributed by atoms with Gasteiger partial charge in [0, 0.05) is 24.9 Å². The van der Waals surface area contributed by atoms with Gasteiger partial charge in [-0.2, -0.15) is 0 Å². The monoisotopic (exact) mass is 418 g/mol. The van der Waals surface area contributed by atoms with Gasteiger partial charge in [0.1, 0.15) is 5.01 Å². The van der Waals surface area contributed by atoms with Crippen molar-refractivity contribution in [2.45, 2.75) is 57.4 Å². The zero-order valence-corrected chi connectivity index (χ0v) is 17.9. The first kappa shape index (κ1) is 19.4. The van der Waals surface area contributed by atoms with Crippen LogP contribution in [0.15, 0.2) is 42.5 Å². The number of piperidine rings is 1. The molecule has 1 saturated heterocycles. The number of fused-ring (bicyclic) bond motifs is 2. The van der Waals surface area contributed by atoms with E-state index in [0.29, 0.717) is 0 Å². The van der Waals surface area contributed by atoms with E-state index in [-0.39, 0.29) is 30.6 Å². The van der Waals surface area contributed by atoms with Crippen LogP contribution in [0.25, 0.3) is 10.2 Å². The highest BCUT2D eigenvalue weighted by molar-refractivity contribution is 7.18. The number of thiazole rings is 1. The fourth-order valence-corrected chi connectivity index (χ4v) is 5.89. The van der Waals surface area contributed by atoms with Gasteiger partial charge in [-0.1, -0.05) is 24.3 Å². The van der Waals surface area contributed by atoms with Gasteiger partial charge in [0.05, 0.1) is 16.3 Å². The Kier molecular flexibility index (Phi) is 5.38. The van der Waals surface area contributed by atoms with E-state index in [2.05, 4.69) is 12.1 Å². The minimum Gasteiger partial charge on any atom is -0.333 e. The first-order chi connectivity index (χ1) is 14.7. The number of hydrogen-bond donors (Lipinski definition) is 0. The summed E-state index contributed by atoms with van der Waals surface area (Å²) >= 11 is 1.69. The molecule has 0 saturated carbocycles. The summed E-state index contributed by atoms with van der Waals surface area (Å²) in [7, 11) is 0. The molecular formula is C25H26N2O2S. The van der Waals surface area contributed by atoms with Crippen molar-refractivity contribution in [2.24, 2.45) is 0 Å². The highest BCUT2D eigenvalue weighted by Crippen LogP contribution is 2.36. The summed E-state index contributed by atoms with van der Waals surface area (Å²) in [5.74, 6) is 0.153. The molecule has 30 heavy (non-hydrogen) atoms. The van der Waals surface area contributed by atoms with E-state index in [1.807, 2.05) is 35.2 Å². The number of hydrogen-bond acceptors (Lipinski definition) is 4. The van der Waals surface area contributed by atoms with E-state index >= 15 is 0 Å². The molecule has 0 bridgehead atoms. The van der Waals surface area contributed by atoms with Crippen LogP contribution in [-0.2, 0) is 17.6 Å². The number of likely N-dealkylation sites (tertiary alicyclic amines) is 1. The molecule has 1 atom stereocenters. The molecule has 1 aromatic heterocycles. The molecular weight excluding hydrogens is 392 g/mol. The van der Waals surface area contributed by atoms with Gasteiger partial charge >= 0.3 is 0 Å². The second-order valence-electron chi connectivity index (χ2n) is 8.38. The number of aromatic nitrogens is 1. The number of ketones is 1. The topological polar surface area (TPSA) is 50.3 Å². The van der Waals surface area contributed by atoms with Crippen LogP contribution in [0.3, 0.4) is 0 Å². The standard InChI is InChI=1S/C25H26N2O2S/c28-22(19-12-11-17-6-5-7-18(17)16-19)13-14-24(29)27-15-4-3-9-21(27)25-26-20-8-1-2-10-23(20)30-25/h1-2,8,10-12,16,21H,3-7,9,13-15H2. The SMILES string of the molecule is O=C(CCC(=O)N1CCCCC1c1nc2ccccc2s1)c1ccc2c(c1)CCC2. The molecule has 154 valence electrons. The molecule has 1 amide bonds. The molecule has 1 aliphatic carbocycles. The Morgan fingerprint density at radius 1 is 1.00 bits per heavy atom. The number of rotatable bonds is 5. The van der Waals surface area contributed by atoms with Crippen molar-refractivity contribution in [3.8, 4) is 0 Å². The molecule has 1 unspecified atom stereocenters. The lowest BCUT2D eigenvalue weighted by Crippen LogP contribution is -2.38. The smallest absolute Gasteiger partial charge is 0.223 e. The number of amides is 1. The van der Waals surface area contributed by atoms with E-state index in [0.717, 1.165) is 59.4 Å². The third-order valence-electron chi connectivity index (χ3n) is 6.41. The second kappa shape index (κ2) is 8.31. The van der Waals surface area contributed by atoms with Crippen LogP contribution in [0.1, 0.15) is 71.1 Å². The van der Waals surface area contributed by atoms with Gasteiger partial charge < -0.3 is 4.90 Å². The molecule has 0 radical (unpaired) electrons. The van der Waals surface area contributed by atoms with Gasteiger partial charge in [-0.05, 0) is 67.9 Å². The molecule has 0 N–H and O–H groups in total. The van der Waals surface area contributed by atoms with Crippen molar-refractivity contribution in [3.63, 3.8) is 0 Å². The highest BCUT2D eigenvalue weighted by atomic mass is 32.1. The summed E-state index contributed by atoms with van der Waals surface area (Å²) in [5.41, 5.74) is 4.43. The summed E-state index contributed by atoms with van der Waals surface area (Å²) in [5, 5.41) is 1.02. The largest absolute Gasteiger partial charge is 0.333 e. The van der Waals surface area contributed by atoms with Gasteiger partial charge in [0.25, 0.3) is 0 Å². The van der Waals surface area contributed by atoms with Gasteiger partial charge in [-0.15, -0.1) is 11.3 Å². The predicted octanol–water partition coefficient (Wildman–Crippen LogP) is 5.50. The van der Waals surface area contributed by atoms with E-state index in [9.17, 15) is 9.59 Å². The van der Waals surface area contributed by atoms with Crippen molar-refractivity contribution in [2.75, 3.05) is 6.54 Å². The Hall–Kier alpha value is -2.53. The number of carbonyl (C=O) groups excluding carboxylic acids is 2. The minimum absolute atomic E-state index is 0.0405. The molecule has 1 fully saturated rings. The third-order valence-corrected chi connectivity index (χ3v) is 7.54. The predicted molar refractivity (Wildman–Crippen MR) is 120 cm³/mol. The van der Waals surface area contributed by atoms with Gasteiger partial charge in [-0.25, -0.2) is 4.98 Å². The third kappa shape index (κ3) is 3.79. The number of nitrogens with zero attached hydrogens (tertiary/aromatic N) is 2. The van der Waals surface area contributed by atoms with Gasteiger partial charge in [0.2, 0.25) is 5.91 Å². The maximum atomic E-state index is 13.1. The van der Waals surface area contributed by atoms with E-state index < -0.39 is 0 Å². The Morgan fingerprint density at radius 2 is 1.87 bits per heavy atom. The van der Waals surface area contributed by atoms with Crippen LogP contribution in [0, 0.1) is 0 Å². The Labute approximate surface area is 180 Å². The maximum absolute atomic E-state index is 13.1. The maximum Gasteiger partial charge on any atom is 0.223 e. The lowest BCUT2D eigenvalue weighted by Gasteiger charge is -2.34. The van der Waals surface area contributed by atoms with Gasteiger partial charge in [-0.3, -0.25) is 9.59 Å². The van der Waals surface area contributed by atoms with Crippen molar-refractivity contribution in [1.82, 2.24) is 9.88 Å². The molecule has 2 heterocycles. The van der Waals surface area contributed by atoms with Crippen molar-refractivity contribution < 1.29 is 9.59 Å². The number of carbonyl (C=O) groups is 2. The Morgan fingerprint density at radius 3 is 2.77 bits per heavy atom. The summed E-state index contributed by atoms with van der Waals surface area (Å²) in [6.45, 7) is 0.756. The van der Waals surface area contributed by atoms with Crippen molar-refractivity contribution in [1.29, 1.82) is 0 Å². The van der Waals surface area contributed by atoms with Crippen LogP contribution in [-0.4, -0.2) is 28.1 Å². The van der Waals surface area contributed by atoms with Crippen LogP contribution < -0.4 is 0 Å². The van der Waals surface area contributed by atoms with E-state index in [1.54, 1.807) is 11.3 Å². The zero-order valence-electron chi connectivity index (χ0n) is 17.1. The summed E-state index contributed by atoms with van der Waals surface area (Å²) in [4.78, 5) is 32.6. The number of para-hydroxylation sites is 1. The van der Waals surface area contributed by atoms with E-state index in [4.69, 9.17) is 4.98 Å². The van der Waals surface area contributed by atoms with Crippen LogP contribution in [0.4, 0.5) is 0 Å². The fraction of sp³-hybridized carbons (Fsp3) is 0.400. The Bertz CT molecular complexity index is 1070. The van der Waals surface area contributed by atoms with Crippen LogP contribution in [0.2, 0.25) is 0 Å². The average Bonchev–Trinajstić information content (AvgIpc) is 3.43. The minimum atomic E-state index is 0.0405. The van der Waals surface area contributed by atoms with Crippen molar-refractivity contribution >= 4 is 33.2 Å². The molecule has 2 aliphatic rings. The number of benzene rings is 2. The molecule has 4 nitrogen and oxygen atoms in total. The summed E-state index contributed by atoms with van der Waals surface area (Å²) < 4.78 is 1.16. The molecule has 3 aromatic rings. The molecule has 1 aliphatic heterocycles. The second-order valence-corrected chi connectivity index (χ2v) is 9.44. The van der Waals surface area contributed by atoms with E-state index in [1.165, 1.54) is 17.5 Å². The molecule has 5 rings (SSSR count). The molecule has 5 heteroatoms. The summed E-state index contributed by atoms with van der Waals surface area (Å²) in [6.07, 6.45) is 6.98. The molecule has 0 spiro atoms. The quantitative estimate of drug-likeness (QED) is 0.514. The lowest BCUT2D eigenvalue weighted by atomic mass is 9.99. The molecule has 2 aromatic carbocycles. The van der Waals surface area contributed by atoms with Crippen LogP contribution in [0.5, 0.6) is 0 Å². The zero-order chi connectivity index (χ0) is 20.5. The van der Waals surface area contributed by atoms with Crippen molar-refractivity contribution in [3.05, 3.63) is 64.2 Å². The summed E-state index contributed by atoms with van der Waals surface area (Å²) in [6, 6.07) is 14.2. The number of Topliss-reactive ketones (excluding diaryl/α,β-unsaturated/α-hetero) is 1. The normalized spacial score (nSPS) is 18.5. The first-order valence-electron chi connectivity index (χ1n) is 11.0. The fourth-order valence-electron chi connectivity index (χ4n) is 4.77. The average molecular weight is 419 g/mol. The lowest BCUT2D eigenvalue weighted by molar-refractivity contribution is -0.135. The first-order valence-corrected chi connectivity index (χ1v) is 11.8.